The van der Waals surface area contributed by atoms with Crippen LogP contribution in [0.2, 0.25) is 0 Å². The van der Waals surface area contributed by atoms with Crippen molar-refractivity contribution in [2.24, 2.45) is 0 Å². The normalized spacial score (nSPS) is 12.4. The molecule has 5 aromatic rings. The number of aryl methyl sites for hydroxylation is 2. The van der Waals surface area contributed by atoms with Gasteiger partial charge in [0.25, 0.3) is 5.56 Å². The molecule has 0 spiro atoms. The molecule has 2 aromatic heterocycles. The van der Waals surface area contributed by atoms with Crippen LogP contribution in [0.15, 0.2) is 77.6 Å². The summed E-state index contributed by atoms with van der Waals surface area (Å²) in [5.41, 5.74) is 3.39. The number of fused-ring (bicyclic) bond motifs is 2. The van der Waals surface area contributed by atoms with Gasteiger partial charge in [-0.15, -0.1) is 5.10 Å². The first kappa shape index (κ1) is 24.6. The molecule has 0 amide bonds. The summed E-state index contributed by atoms with van der Waals surface area (Å²) < 4.78 is 18.4. The molecular formula is C29H28N6O4. The van der Waals surface area contributed by atoms with Crippen LogP contribution in [-0.2, 0) is 32.6 Å². The molecule has 6 rings (SSSR count). The third kappa shape index (κ3) is 5.46. The molecule has 10 nitrogen and oxygen atoms in total. The Morgan fingerprint density at radius 2 is 1.72 bits per heavy atom. The summed E-state index contributed by atoms with van der Waals surface area (Å²) in [6.45, 7) is 2.18. The number of para-hydroxylation sites is 1. The second-order valence-corrected chi connectivity index (χ2v) is 9.43. The van der Waals surface area contributed by atoms with Crippen molar-refractivity contribution in [2.75, 3.05) is 13.9 Å². The van der Waals surface area contributed by atoms with Crippen molar-refractivity contribution in [2.45, 2.75) is 32.6 Å². The standard InChI is InChI=1S/C29H28N6O4/c1-37-25-10-6-5-9-21(25)16-34(18-28-31-32-33-35(28)12-11-20-7-3-2-4-8-20)17-23-13-22-14-26-27(39-19-38-26)15-24(22)30-29(23)36/h2-10,13-15H,11-12,16-19H2,1H3,(H,30,36). The van der Waals surface area contributed by atoms with Gasteiger partial charge in [-0.25, -0.2) is 4.68 Å². The number of H-pyrrole nitrogens is 1. The Bertz CT molecular complexity index is 1650. The number of nitrogens with zero attached hydrogens (tertiary/aromatic N) is 5. The maximum Gasteiger partial charge on any atom is 0.252 e. The number of tetrazole rings is 1. The van der Waals surface area contributed by atoms with Crippen LogP contribution in [-0.4, -0.2) is 44.0 Å². The van der Waals surface area contributed by atoms with Gasteiger partial charge < -0.3 is 19.2 Å². The second-order valence-electron chi connectivity index (χ2n) is 9.43. The van der Waals surface area contributed by atoms with Crippen LogP contribution in [0.4, 0.5) is 0 Å². The van der Waals surface area contributed by atoms with Gasteiger partial charge in [0.05, 0.1) is 19.2 Å². The first-order chi connectivity index (χ1) is 19.2. The number of rotatable bonds is 10. The molecule has 1 N–H and O–H groups in total. The van der Waals surface area contributed by atoms with Crippen molar-refractivity contribution in [3.8, 4) is 17.2 Å². The van der Waals surface area contributed by atoms with E-state index in [1.165, 1.54) is 5.56 Å². The lowest BCUT2D eigenvalue weighted by molar-refractivity contribution is 0.174. The summed E-state index contributed by atoms with van der Waals surface area (Å²) in [7, 11) is 1.66. The summed E-state index contributed by atoms with van der Waals surface area (Å²) in [5.74, 6) is 2.81. The lowest BCUT2D eigenvalue weighted by Crippen LogP contribution is -2.28. The molecule has 198 valence electrons. The number of aromatic amines is 1. The lowest BCUT2D eigenvalue weighted by Gasteiger charge is -2.23. The highest BCUT2D eigenvalue weighted by molar-refractivity contribution is 5.83. The Morgan fingerprint density at radius 1 is 0.949 bits per heavy atom. The van der Waals surface area contributed by atoms with E-state index in [-0.39, 0.29) is 12.4 Å². The SMILES string of the molecule is COc1ccccc1CN(Cc1cc2cc3c(cc2[nH]c1=O)OCO3)Cc1nnnn1CCc1ccccc1. The van der Waals surface area contributed by atoms with Crippen LogP contribution in [0.25, 0.3) is 10.9 Å². The van der Waals surface area contributed by atoms with E-state index in [4.69, 9.17) is 14.2 Å². The molecule has 10 heteroatoms. The number of benzene rings is 3. The van der Waals surface area contributed by atoms with E-state index in [0.717, 1.165) is 28.9 Å². The Balaban J connectivity index is 1.29. The third-order valence-corrected chi connectivity index (χ3v) is 6.82. The zero-order valence-electron chi connectivity index (χ0n) is 21.5. The molecule has 0 aliphatic carbocycles. The van der Waals surface area contributed by atoms with Crippen molar-refractivity contribution >= 4 is 10.9 Å². The Labute approximate surface area is 224 Å². The highest BCUT2D eigenvalue weighted by atomic mass is 16.7. The summed E-state index contributed by atoms with van der Waals surface area (Å²) in [4.78, 5) is 18.3. The van der Waals surface area contributed by atoms with Gasteiger partial charge in [-0.3, -0.25) is 9.69 Å². The van der Waals surface area contributed by atoms with Crippen molar-refractivity contribution < 1.29 is 14.2 Å². The summed E-state index contributed by atoms with van der Waals surface area (Å²) in [5, 5.41) is 13.4. The van der Waals surface area contributed by atoms with Crippen LogP contribution in [0.5, 0.6) is 17.2 Å². The molecule has 0 bridgehead atoms. The van der Waals surface area contributed by atoms with Gasteiger partial charge in [0.15, 0.2) is 17.3 Å². The zero-order valence-corrected chi connectivity index (χ0v) is 21.5. The van der Waals surface area contributed by atoms with Gasteiger partial charge in [0.2, 0.25) is 6.79 Å². The average molecular weight is 525 g/mol. The lowest BCUT2D eigenvalue weighted by atomic mass is 10.1. The minimum absolute atomic E-state index is 0.157. The van der Waals surface area contributed by atoms with E-state index >= 15 is 0 Å². The summed E-state index contributed by atoms with van der Waals surface area (Å²) in [6.07, 6.45) is 0.811. The van der Waals surface area contributed by atoms with Crippen LogP contribution in [0.1, 0.15) is 22.5 Å². The molecule has 0 unspecified atom stereocenters. The van der Waals surface area contributed by atoms with E-state index in [1.807, 2.05) is 59.3 Å². The molecule has 3 aromatic carbocycles. The van der Waals surface area contributed by atoms with Crippen molar-refractivity contribution in [3.05, 3.63) is 106 Å². The Morgan fingerprint density at radius 3 is 2.56 bits per heavy atom. The Hall–Kier alpha value is -4.70. The molecule has 0 saturated carbocycles. The van der Waals surface area contributed by atoms with Crippen molar-refractivity contribution in [3.63, 3.8) is 0 Å². The molecule has 0 fully saturated rings. The van der Waals surface area contributed by atoms with Gasteiger partial charge >= 0.3 is 0 Å². The molecule has 3 heterocycles. The number of pyridine rings is 1. The quantitative estimate of drug-likeness (QED) is 0.295. The third-order valence-electron chi connectivity index (χ3n) is 6.82. The molecule has 0 radical (unpaired) electrons. The molecular weight excluding hydrogens is 496 g/mol. The summed E-state index contributed by atoms with van der Waals surface area (Å²) >= 11 is 0. The largest absolute Gasteiger partial charge is 0.496 e. The maximum atomic E-state index is 13.1. The van der Waals surface area contributed by atoms with Crippen LogP contribution >= 0.6 is 0 Å². The van der Waals surface area contributed by atoms with Gasteiger partial charge in [0.1, 0.15) is 5.75 Å². The fourth-order valence-corrected chi connectivity index (χ4v) is 4.83. The topological polar surface area (TPSA) is 107 Å². The van der Waals surface area contributed by atoms with Gasteiger partial charge in [-0.1, -0.05) is 48.5 Å². The maximum absolute atomic E-state index is 13.1. The van der Waals surface area contributed by atoms with Gasteiger partial charge in [-0.05, 0) is 40.6 Å². The zero-order chi connectivity index (χ0) is 26.6. The molecule has 1 aliphatic rings. The van der Waals surface area contributed by atoms with Crippen LogP contribution < -0.4 is 19.8 Å². The smallest absolute Gasteiger partial charge is 0.252 e. The van der Waals surface area contributed by atoms with Gasteiger partial charge in [0, 0.05) is 42.2 Å². The van der Waals surface area contributed by atoms with Crippen LogP contribution in [0.3, 0.4) is 0 Å². The predicted octanol–water partition coefficient (Wildman–Crippen LogP) is 3.70. The van der Waals surface area contributed by atoms with Crippen molar-refractivity contribution in [1.82, 2.24) is 30.1 Å². The van der Waals surface area contributed by atoms with E-state index in [0.29, 0.717) is 48.8 Å². The minimum Gasteiger partial charge on any atom is -0.496 e. The number of hydrogen-bond acceptors (Lipinski definition) is 8. The average Bonchev–Trinajstić information content (AvgIpc) is 3.60. The number of nitrogens with one attached hydrogen (secondary N) is 1. The molecule has 0 atom stereocenters. The van der Waals surface area contributed by atoms with E-state index in [1.54, 1.807) is 13.2 Å². The van der Waals surface area contributed by atoms with E-state index < -0.39 is 0 Å². The number of methoxy groups -OCH3 is 1. The fourth-order valence-electron chi connectivity index (χ4n) is 4.83. The van der Waals surface area contributed by atoms with Gasteiger partial charge in [-0.2, -0.15) is 0 Å². The predicted molar refractivity (Wildman–Crippen MR) is 145 cm³/mol. The summed E-state index contributed by atoms with van der Waals surface area (Å²) in [6, 6.07) is 23.7. The monoisotopic (exact) mass is 524 g/mol. The number of ether oxygens (including phenoxy) is 3. The number of aromatic nitrogens is 5. The van der Waals surface area contributed by atoms with Crippen LogP contribution in [0, 0.1) is 0 Å². The Kier molecular flexibility index (Phi) is 6.92. The first-order valence-corrected chi connectivity index (χ1v) is 12.7. The van der Waals surface area contributed by atoms with E-state index in [9.17, 15) is 4.79 Å². The minimum atomic E-state index is -0.157. The van der Waals surface area contributed by atoms with Crippen molar-refractivity contribution in [1.29, 1.82) is 0 Å². The first-order valence-electron chi connectivity index (χ1n) is 12.7. The second kappa shape index (κ2) is 11.0. The highest BCUT2D eigenvalue weighted by Gasteiger charge is 2.19. The molecule has 0 saturated heterocycles. The fraction of sp³-hybridized carbons (Fsp3) is 0.241. The number of hydrogen-bond donors (Lipinski definition) is 1. The molecule has 1 aliphatic heterocycles. The highest BCUT2D eigenvalue weighted by Crippen LogP contribution is 2.35. The van der Waals surface area contributed by atoms with E-state index in [2.05, 4.69) is 37.5 Å². The molecule has 39 heavy (non-hydrogen) atoms.